The lowest BCUT2D eigenvalue weighted by Crippen LogP contribution is -2.08. The largest absolute Gasteiger partial charge is 0.330 e. The summed E-state index contributed by atoms with van der Waals surface area (Å²) in [5.74, 6) is 0.784. The molecule has 3 aromatic rings. The summed E-state index contributed by atoms with van der Waals surface area (Å²) in [4.78, 5) is 4.61. The molecule has 0 amide bonds. The third kappa shape index (κ3) is 2.01. The number of imidazole rings is 1. The van der Waals surface area contributed by atoms with Gasteiger partial charge in [0.2, 0.25) is 0 Å². The van der Waals surface area contributed by atoms with Crippen LogP contribution in [0.4, 0.5) is 0 Å². The molecule has 3 heterocycles. The van der Waals surface area contributed by atoms with E-state index >= 15 is 0 Å². The average Bonchev–Trinajstić information content (AvgIpc) is 2.92. The zero-order valence-corrected chi connectivity index (χ0v) is 11.3. The summed E-state index contributed by atoms with van der Waals surface area (Å²) in [6.07, 6.45) is 4.49. The van der Waals surface area contributed by atoms with Crippen molar-refractivity contribution in [1.82, 2.24) is 19.2 Å². The first-order valence-electron chi connectivity index (χ1n) is 6.09. The summed E-state index contributed by atoms with van der Waals surface area (Å²) in [5.41, 5.74) is 8.40. The molecular formula is C13H14ClN5. The van der Waals surface area contributed by atoms with Gasteiger partial charge < -0.3 is 10.1 Å². The zero-order valence-electron chi connectivity index (χ0n) is 10.5. The van der Waals surface area contributed by atoms with Crippen molar-refractivity contribution < 1.29 is 0 Å². The van der Waals surface area contributed by atoms with E-state index in [0.717, 1.165) is 29.3 Å². The number of hydrogen-bond donors (Lipinski definition) is 1. The molecule has 2 N–H and O–H groups in total. The van der Waals surface area contributed by atoms with Gasteiger partial charge in [0, 0.05) is 12.6 Å². The van der Waals surface area contributed by atoms with Crippen LogP contribution in [0.15, 0.2) is 30.6 Å². The summed E-state index contributed by atoms with van der Waals surface area (Å²) in [6.45, 7) is 2.43. The van der Waals surface area contributed by atoms with Crippen molar-refractivity contribution in [1.29, 1.82) is 0 Å². The van der Waals surface area contributed by atoms with Crippen LogP contribution < -0.4 is 5.73 Å². The van der Waals surface area contributed by atoms with E-state index in [2.05, 4.69) is 10.1 Å². The molecule has 3 rings (SSSR count). The van der Waals surface area contributed by atoms with E-state index < -0.39 is 0 Å². The fourth-order valence-electron chi connectivity index (χ4n) is 2.13. The molecule has 5 nitrogen and oxygen atoms in total. The lowest BCUT2D eigenvalue weighted by Gasteiger charge is -2.02. The van der Waals surface area contributed by atoms with Crippen LogP contribution in [0.2, 0.25) is 5.02 Å². The SMILES string of the molecule is Cc1nn(-c2nc3ccccn3c2CCN)cc1Cl. The number of hydrogen-bond acceptors (Lipinski definition) is 3. The lowest BCUT2D eigenvalue weighted by atomic mass is 10.3. The Balaban J connectivity index is 2.24. The molecule has 0 saturated carbocycles. The predicted octanol–water partition coefficient (Wildman–Crippen LogP) is 1.98. The Morgan fingerprint density at radius 2 is 2.21 bits per heavy atom. The molecular weight excluding hydrogens is 262 g/mol. The second-order valence-corrected chi connectivity index (χ2v) is 4.76. The molecule has 19 heavy (non-hydrogen) atoms. The highest BCUT2D eigenvalue weighted by molar-refractivity contribution is 6.31. The van der Waals surface area contributed by atoms with Gasteiger partial charge >= 0.3 is 0 Å². The Morgan fingerprint density at radius 1 is 1.37 bits per heavy atom. The number of rotatable bonds is 3. The molecule has 0 fully saturated rings. The minimum Gasteiger partial charge on any atom is -0.330 e. The molecule has 0 aromatic carbocycles. The van der Waals surface area contributed by atoms with E-state index in [1.54, 1.807) is 10.9 Å². The summed E-state index contributed by atoms with van der Waals surface area (Å²) in [7, 11) is 0. The number of halogens is 1. The Labute approximate surface area is 115 Å². The number of aromatic nitrogens is 4. The smallest absolute Gasteiger partial charge is 0.175 e. The molecule has 0 bridgehead atoms. The van der Waals surface area contributed by atoms with Gasteiger partial charge in [0.15, 0.2) is 5.82 Å². The Morgan fingerprint density at radius 3 is 2.89 bits per heavy atom. The van der Waals surface area contributed by atoms with Crippen molar-refractivity contribution in [2.45, 2.75) is 13.3 Å². The van der Waals surface area contributed by atoms with Gasteiger partial charge in [-0.2, -0.15) is 5.10 Å². The molecule has 0 radical (unpaired) electrons. The van der Waals surface area contributed by atoms with Gasteiger partial charge in [0.05, 0.1) is 22.6 Å². The van der Waals surface area contributed by atoms with Crippen LogP contribution in [-0.4, -0.2) is 25.7 Å². The molecule has 0 aliphatic carbocycles. The third-order valence-electron chi connectivity index (χ3n) is 3.04. The zero-order chi connectivity index (χ0) is 13.4. The molecule has 0 saturated heterocycles. The number of nitrogens with zero attached hydrogens (tertiary/aromatic N) is 4. The summed E-state index contributed by atoms with van der Waals surface area (Å²) in [6, 6.07) is 5.89. The van der Waals surface area contributed by atoms with Gasteiger partial charge in [-0.25, -0.2) is 9.67 Å². The van der Waals surface area contributed by atoms with E-state index in [0.29, 0.717) is 11.6 Å². The van der Waals surface area contributed by atoms with Crippen molar-refractivity contribution in [2.24, 2.45) is 5.73 Å². The fraction of sp³-hybridized carbons (Fsp3) is 0.231. The number of fused-ring (bicyclic) bond motifs is 1. The lowest BCUT2D eigenvalue weighted by molar-refractivity contribution is 0.806. The van der Waals surface area contributed by atoms with Crippen molar-refractivity contribution in [3.63, 3.8) is 0 Å². The molecule has 3 aromatic heterocycles. The maximum absolute atomic E-state index is 6.06. The molecule has 0 unspecified atom stereocenters. The minimum absolute atomic E-state index is 0.559. The van der Waals surface area contributed by atoms with Crippen molar-refractivity contribution in [3.05, 3.63) is 47.0 Å². The third-order valence-corrected chi connectivity index (χ3v) is 3.42. The normalized spacial score (nSPS) is 11.3. The first-order chi connectivity index (χ1) is 9.20. The Hall–Kier alpha value is -1.85. The number of nitrogens with two attached hydrogens (primary N) is 1. The van der Waals surface area contributed by atoms with E-state index in [1.165, 1.54) is 0 Å². The minimum atomic E-state index is 0.559. The predicted molar refractivity (Wildman–Crippen MR) is 74.8 cm³/mol. The van der Waals surface area contributed by atoms with Crippen molar-refractivity contribution in [3.8, 4) is 5.82 Å². The highest BCUT2D eigenvalue weighted by Gasteiger charge is 2.14. The van der Waals surface area contributed by atoms with E-state index in [4.69, 9.17) is 17.3 Å². The van der Waals surface area contributed by atoms with E-state index in [-0.39, 0.29) is 0 Å². The molecule has 6 heteroatoms. The first kappa shape index (κ1) is 12.2. The van der Waals surface area contributed by atoms with Gasteiger partial charge in [0.25, 0.3) is 0 Å². The molecule has 0 aliphatic rings. The molecule has 0 atom stereocenters. The first-order valence-corrected chi connectivity index (χ1v) is 6.46. The van der Waals surface area contributed by atoms with Gasteiger partial charge in [0.1, 0.15) is 5.65 Å². The van der Waals surface area contributed by atoms with E-state index in [1.807, 2.05) is 35.7 Å². The van der Waals surface area contributed by atoms with E-state index in [9.17, 15) is 0 Å². The molecule has 98 valence electrons. The van der Waals surface area contributed by atoms with Gasteiger partial charge in [-0.3, -0.25) is 0 Å². The Kier molecular flexibility index (Phi) is 3.00. The van der Waals surface area contributed by atoms with Crippen LogP contribution in [0.5, 0.6) is 0 Å². The van der Waals surface area contributed by atoms with Crippen LogP contribution in [0.25, 0.3) is 11.5 Å². The molecule has 0 spiro atoms. The van der Waals surface area contributed by atoms with Crippen LogP contribution >= 0.6 is 11.6 Å². The van der Waals surface area contributed by atoms with Crippen LogP contribution in [0.1, 0.15) is 11.4 Å². The van der Waals surface area contributed by atoms with Crippen LogP contribution in [0, 0.1) is 6.92 Å². The van der Waals surface area contributed by atoms with Crippen molar-refractivity contribution >= 4 is 17.2 Å². The number of pyridine rings is 1. The van der Waals surface area contributed by atoms with Gasteiger partial charge in [-0.1, -0.05) is 17.7 Å². The Bertz CT molecular complexity index is 708. The summed E-state index contributed by atoms with van der Waals surface area (Å²) in [5, 5.41) is 5.02. The highest BCUT2D eigenvalue weighted by atomic mass is 35.5. The maximum atomic E-state index is 6.06. The maximum Gasteiger partial charge on any atom is 0.175 e. The second-order valence-electron chi connectivity index (χ2n) is 4.36. The van der Waals surface area contributed by atoms with Gasteiger partial charge in [-0.05, 0) is 25.6 Å². The monoisotopic (exact) mass is 275 g/mol. The number of aryl methyl sites for hydroxylation is 1. The van der Waals surface area contributed by atoms with Crippen LogP contribution in [0.3, 0.4) is 0 Å². The van der Waals surface area contributed by atoms with Crippen LogP contribution in [-0.2, 0) is 6.42 Å². The average molecular weight is 276 g/mol. The fourth-order valence-corrected chi connectivity index (χ4v) is 2.26. The summed E-state index contributed by atoms with van der Waals surface area (Å²) >= 11 is 6.06. The summed E-state index contributed by atoms with van der Waals surface area (Å²) < 4.78 is 3.75. The van der Waals surface area contributed by atoms with Crippen molar-refractivity contribution in [2.75, 3.05) is 6.54 Å². The topological polar surface area (TPSA) is 61.1 Å². The standard InChI is InChI=1S/C13H14ClN5/c1-9-10(14)8-19(17-9)13-11(5-6-15)18-7-3-2-4-12(18)16-13/h2-4,7-8H,5-6,15H2,1H3. The van der Waals surface area contributed by atoms with Gasteiger partial charge in [-0.15, -0.1) is 0 Å². The quantitative estimate of drug-likeness (QED) is 0.795. The highest BCUT2D eigenvalue weighted by Crippen LogP contribution is 2.20. The molecule has 0 aliphatic heterocycles. The second kappa shape index (κ2) is 4.68.